The fourth-order valence-corrected chi connectivity index (χ4v) is 7.52. The van der Waals surface area contributed by atoms with E-state index in [1.54, 1.807) is 0 Å². The molecule has 0 rings (SSSR count). The van der Waals surface area contributed by atoms with E-state index in [9.17, 15) is 20.1 Å². The Hall–Kier alpha value is -1.17. The van der Waals surface area contributed by atoms with Crippen LogP contribution in [0.15, 0.2) is 24.3 Å². The van der Waals surface area contributed by atoms with Gasteiger partial charge >= 0.3 is 0 Å². The number of nitrogens with one attached hydrogen (secondary N) is 1. The van der Waals surface area contributed by atoms with Crippen LogP contribution in [0.5, 0.6) is 0 Å². The standard InChI is InChI=1S/C49H95NO4/c1-3-5-7-9-11-13-15-17-19-21-23-24-25-26-28-30-32-34-36-38-40-42-44-48(53)49(54)50-46(45-51)47(52)43-41-39-37-35-33-31-29-27-22-20-18-16-14-12-10-8-6-4-2/h23-24,26,28,46-48,51-53H,3-22,25,27,29-45H2,1-2H3,(H,50,54)/b24-23-,28-26-. The molecular formula is C49H95NO4. The maximum Gasteiger partial charge on any atom is 0.249 e. The summed E-state index contributed by atoms with van der Waals surface area (Å²) < 4.78 is 0. The molecule has 5 heteroatoms. The average Bonchev–Trinajstić information content (AvgIpc) is 3.18. The minimum Gasteiger partial charge on any atom is -0.394 e. The third-order valence-electron chi connectivity index (χ3n) is 11.3. The van der Waals surface area contributed by atoms with Crippen LogP contribution >= 0.6 is 0 Å². The highest BCUT2D eigenvalue weighted by Gasteiger charge is 2.23. The van der Waals surface area contributed by atoms with Crippen LogP contribution < -0.4 is 5.32 Å². The monoisotopic (exact) mass is 762 g/mol. The molecule has 1 amide bonds. The van der Waals surface area contributed by atoms with Crippen molar-refractivity contribution in [3.05, 3.63) is 24.3 Å². The van der Waals surface area contributed by atoms with Crippen molar-refractivity contribution in [1.82, 2.24) is 5.32 Å². The molecule has 0 aromatic heterocycles. The van der Waals surface area contributed by atoms with E-state index in [0.29, 0.717) is 12.8 Å². The first-order valence-corrected chi connectivity index (χ1v) is 24.1. The van der Waals surface area contributed by atoms with Gasteiger partial charge in [-0.3, -0.25) is 4.79 Å². The molecule has 0 spiro atoms. The van der Waals surface area contributed by atoms with Gasteiger partial charge in [0.1, 0.15) is 6.10 Å². The van der Waals surface area contributed by atoms with Crippen molar-refractivity contribution in [2.45, 2.75) is 276 Å². The number of aliphatic hydroxyl groups excluding tert-OH is 3. The molecule has 0 saturated heterocycles. The molecule has 320 valence electrons. The lowest BCUT2D eigenvalue weighted by Gasteiger charge is -2.23. The SMILES string of the molecule is CCCCCCCCCCC/C=C\C/C=C\CCCCCCCCC(O)C(=O)NC(CO)C(O)CCCCCCCCCCCCCCCCCCCC. The van der Waals surface area contributed by atoms with Crippen molar-refractivity contribution in [3.63, 3.8) is 0 Å². The number of amides is 1. The third kappa shape index (κ3) is 39.1. The fourth-order valence-electron chi connectivity index (χ4n) is 7.52. The lowest BCUT2D eigenvalue weighted by Crippen LogP contribution is -2.49. The quantitative estimate of drug-likeness (QED) is 0.0368. The van der Waals surface area contributed by atoms with Crippen molar-refractivity contribution >= 4 is 5.91 Å². The Morgan fingerprint density at radius 1 is 0.444 bits per heavy atom. The molecule has 4 N–H and O–H groups in total. The topological polar surface area (TPSA) is 89.8 Å². The van der Waals surface area contributed by atoms with Crippen LogP contribution in [0.25, 0.3) is 0 Å². The van der Waals surface area contributed by atoms with Gasteiger partial charge in [-0.15, -0.1) is 0 Å². The summed E-state index contributed by atoms with van der Waals surface area (Å²) in [5, 5.41) is 33.4. The van der Waals surface area contributed by atoms with E-state index in [1.165, 1.54) is 186 Å². The number of unbranched alkanes of at least 4 members (excludes halogenated alkanes) is 32. The Labute approximate surface area is 337 Å². The van der Waals surface area contributed by atoms with Gasteiger partial charge in [0.05, 0.1) is 18.8 Å². The summed E-state index contributed by atoms with van der Waals surface area (Å²) in [7, 11) is 0. The summed E-state index contributed by atoms with van der Waals surface area (Å²) in [6, 6.07) is -0.715. The van der Waals surface area contributed by atoms with Crippen LogP contribution in [0.4, 0.5) is 0 Å². The van der Waals surface area contributed by atoms with Gasteiger partial charge in [0, 0.05) is 0 Å². The lowest BCUT2D eigenvalue weighted by atomic mass is 10.0. The maximum atomic E-state index is 12.5. The van der Waals surface area contributed by atoms with Gasteiger partial charge in [0.25, 0.3) is 0 Å². The maximum absolute atomic E-state index is 12.5. The van der Waals surface area contributed by atoms with Crippen LogP contribution in [0.2, 0.25) is 0 Å². The van der Waals surface area contributed by atoms with E-state index in [2.05, 4.69) is 43.5 Å². The fraction of sp³-hybridized carbons (Fsp3) is 0.898. The number of aliphatic hydroxyl groups is 3. The van der Waals surface area contributed by atoms with Crippen LogP contribution in [-0.4, -0.2) is 46.1 Å². The Morgan fingerprint density at radius 2 is 0.759 bits per heavy atom. The first-order chi connectivity index (χ1) is 26.6. The van der Waals surface area contributed by atoms with Gasteiger partial charge in [-0.1, -0.05) is 237 Å². The number of hydrogen-bond acceptors (Lipinski definition) is 4. The number of hydrogen-bond donors (Lipinski definition) is 4. The van der Waals surface area contributed by atoms with Gasteiger partial charge in [-0.25, -0.2) is 0 Å². The highest BCUT2D eigenvalue weighted by molar-refractivity contribution is 5.80. The Balaban J connectivity index is 3.62. The number of allylic oxidation sites excluding steroid dienone is 4. The molecule has 3 atom stereocenters. The number of carbonyl (C=O) groups excluding carboxylic acids is 1. The second-order valence-electron chi connectivity index (χ2n) is 16.7. The zero-order chi connectivity index (χ0) is 39.4. The molecule has 3 unspecified atom stereocenters. The zero-order valence-corrected chi connectivity index (χ0v) is 36.4. The van der Waals surface area contributed by atoms with E-state index < -0.39 is 24.2 Å². The summed E-state index contributed by atoms with van der Waals surface area (Å²) in [6.45, 7) is 4.25. The minimum atomic E-state index is -1.08. The average molecular weight is 762 g/mol. The second-order valence-corrected chi connectivity index (χ2v) is 16.7. The van der Waals surface area contributed by atoms with Crippen LogP contribution in [0.3, 0.4) is 0 Å². The third-order valence-corrected chi connectivity index (χ3v) is 11.3. The molecule has 0 radical (unpaired) electrons. The predicted octanol–water partition coefficient (Wildman–Crippen LogP) is 14.2. The van der Waals surface area contributed by atoms with Crippen LogP contribution in [0, 0.1) is 0 Å². The summed E-state index contributed by atoms with van der Waals surface area (Å²) in [4.78, 5) is 12.5. The largest absolute Gasteiger partial charge is 0.394 e. The van der Waals surface area contributed by atoms with E-state index in [-0.39, 0.29) is 6.61 Å². The molecule has 0 aromatic rings. The highest BCUT2D eigenvalue weighted by Crippen LogP contribution is 2.16. The van der Waals surface area contributed by atoms with E-state index >= 15 is 0 Å². The molecule has 0 aromatic carbocycles. The van der Waals surface area contributed by atoms with Gasteiger partial charge in [-0.2, -0.15) is 0 Å². The van der Waals surface area contributed by atoms with Gasteiger partial charge in [0.15, 0.2) is 0 Å². The van der Waals surface area contributed by atoms with Gasteiger partial charge in [-0.05, 0) is 44.9 Å². The summed E-state index contributed by atoms with van der Waals surface area (Å²) in [5.41, 5.74) is 0. The zero-order valence-electron chi connectivity index (χ0n) is 36.4. The van der Waals surface area contributed by atoms with Crippen LogP contribution in [-0.2, 0) is 4.79 Å². The van der Waals surface area contributed by atoms with Crippen molar-refractivity contribution in [2.24, 2.45) is 0 Å². The van der Waals surface area contributed by atoms with E-state index in [4.69, 9.17) is 0 Å². The molecule has 54 heavy (non-hydrogen) atoms. The van der Waals surface area contributed by atoms with Crippen molar-refractivity contribution < 1.29 is 20.1 Å². The van der Waals surface area contributed by atoms with Gasteiger partial charge in [0.2, 0.25) is 5.91 Å². The molecule has 0 aliphatic heterocycles. The normalized spacial score (nSPS) is 13.6. The molecule has 0 heterocycles. The molecule has 0 aliphatic carbocycles. The summed E-state index contributed by atoms with van der Waals surface area (Å²) in [6.07, 6.45) is 54.7. The van der Waals surface area contributed by atoms with Crippen molar-refractivity contribution in [2.75, 3.05) is 6.61 Å². The second kappa shape index (κ2) is 44.5. The number of rotatable bonds is 44. The van der Waals surface area contributed by atoms with Crippen LogP contribution in [0.1, 0.15) is 258 Å². The predicted molar refractivity (Wildman–Crippen MR) is 236 cm³/mol. The summed E-state index contributed by atoms with van der Waals surface area (Å²) in [5.74, 6) is -0.476. The molecule has 0 aliphatic rings. The molecule has 5 nitrogen and oxygen atoms in total. The molecular weight excluding hydrogens is 667 g/mol. The smallest absolute Gasteiger partial charge is 0.249 e. The Kier molecular flexibility index (Phi) is 43.6. The first kappa shape index (κ1) is 52.8. The van der Waals surface area contributed by atoms with E-state index in [0.717, 1.165) is 44.9 Å². The minimum absolute atomic E-state index is 0.316. The molecule has 0 fully saturated rings. The summed E-state index contributed by atoms with van der Waals surface area (Å²) >= 11 is 0. The highest BCUT2D eigenvalue weighted by atomic mass is 16.3. The molecule has 0 saturated carbocycles. The van der Waals surface area contributed by atoms with Crippen molar-refractivity contribution in [3.8, 4) is 0 Å². The van der Waals surface area contributed by atoms with E-state index in [1.807, 2.05) is 0 Å². The lowest BCUT2D eigenvalue weighted by molar-refractivity contribution is -0.131. The Bertz CT molecular complexity index is 799. The first-order valence-electron chi connectivity index (χ1n) is 24.1. The molecule has 0 bridgehead atoms. The van der Waals surface area contributed by atoms with Crippen molar-refractivity contribution in [1.29, 1.82) is 0 Å². The Morgan fingerprint density at radius 3 is 1.11 bits per heavy atom. The van der Waals surface area contributed by atoms with Gasteiger partial charge < -0.3 is 20.6 Å². The number of carbonyl (C=O) groups is 1.